The molecule has 0 aliphatic carbocycles. The van der Waals surface area contributed by atoms with Crippen LogP contribution in [0.5, 0.6) is 5.75 Å². The van der Waals surface area contributed by atoms with Gasteiger partial charge in [0.2, 0.25) is 0 Å². The molecule has 5 N–H and O–H groups in total. The number of amidine groups is 1. The Morgan fingerprint density at radius 1 is 1.31 bits per heavy atom. The van der Waals surface area contributed by atoms with Gasteiger partial charge in [-0.2, -0.15) is 0 Å². The number of thiazole rings is 1. The Morgan fingerprint density at radius 2 is 2.00 bits per heavy atom. The van der Waals surface area contributed by atoms with Crippen molar-refractivity contribution < 1.29 is 4.74 Å². The Labute approximate surface area is 161 Å². The van der Waals surface area contributed by atoms with Crippen LogP contribution in [-0.2, 0) is 6.42 Å². The highest BCUT2D eigenvalue weighted by Gasteiger charge is 2.03. The van der Waals surface area contributed by atoms with E-state index in [0.717, 1.165) is 35.6 Å². The summed E-state index contributed by atoms with van der Waals surface area (Å²) in [6.45, 7) is 6.03. The summed E-state index contributed by atoms with van der Waals surface area (Å²) < 4.78 is 5.34. The lowest BCUT2D eigenvalue weighted by atomic mass is 10.1. The molecular weight excluding hydrogens is 344 g/mol. The zero-order valence-electron chi connectivity index (χ0n) is 16.5. The molecule has 0 atom stereocenters. The molecule has 26 heavy (non-hydrogen) atoms. The highest BCUT2D eigenvalue weighted by molar-refractivity contribution is 7.09. The van der Waals surface area contributed by atoms with Gasteiger partial charge in [-0.25, -0.2) is 4.98 Å². The van der Waals surface area contributed by atoms with Crippen molar-refractivity contribution in [3.63, 3.8) is 0 Å². The van der Waals surface area contributed by atoms with Crippen molar-refractivity contribution in [3.8, 4) is 5.75 Å². The number of nitrogens with zero attached hydrogens (tertiary/aromatic N) is 1. The van der Waals surface area contributed by atoms with Gasteiger partial charge >= 0.3 is 0 Å². The van der Waals surface area contributed by atoms with Crippen LogP contribution in [0.15, 0.2) is 29.7 Å². The summed E-state index contributed by atoms with van der Waals surface area (Å²) in [4.78, 5) is 4.46. The number of aromatic nitrogens is 1. The van der Waals surface area contributed by atoms with E-state index in [1.54, 1.807) is 24.5 Å². The zero-order valence-corrected chi connectivity index (χ0v) is 17.3. The largest absolute Gasteiger partial charge is 0.496 e. The van der Waals surface area contributed by atoms with E-state index in [-0.39, 0.29) is 5.84 Å². The number of allylic oxidation sites excluding steroid dienone is 1. The first kappa shape index (κ1) is 23.8. The number of methoxy groups -OCH3 is 1. The number of hydrogen-bond acceptors (Lipinski definition) is 5. The number of nitrogens with one attached hydrogen (secondary N) is 1. The third kappa shape index (κ3) is 8.27. The van der Waals surface area contributed by atoms with Gasteiger partial charge < -0.3 is 16.2 Å². The molecule has 0 aliphatic rings. The first-order chi connectivity index (χ1) is 12.6. The number of aryl methyl sites for hydroxylation is 2. The Bertz CT molecular complexity index is 680. The number of unbranched alkanes of at least 4 members (excludes halogenated alkanes) is 1. The molecule has 0 amide bonds. The summed E-state index contributed by atoms with van der Waals surface area (Å²) in [7, 11) is 3.14. The molecule has 0 saturated carbocycles. The molecule has 1 aromatic carbocycles. The highest BCUT2D eigenvalue weighted by Crippen LogP contribution is 2.21. The third-order valence-corrected chi connectivity index (χ3v) is 4.13. The average molecular weight is 377 g/mol. The first-order valence-electron chi connectivity index (χ1n) is 8.78. The van der Waals surface area contributed by atoms with Gasteiger partial charge in [0.25, 0.3) is 0 Å². The summed E-state index contributed by atoms with van der Waals surface area (Å²) >= 11 is 1.70. The second kappa shape index (κ2) is 14.0. The van der Waals surface area contributed by atoms with Crippen LogP contribution in [0, 0.1) is 12.3 Å². The molecular formula is C20H32N4OS. The molecule has 5 nitrogen and oxygen atoms in total. The van der Waals surface area contributed by atoms with E-state index in [9.17, 15) is 0 Å². The third-order valence-electron chi connectivity index (χ3n) is 3.31. The molecule has 2 aromatic rings. The maximum absolute atomic E-state index is 7.51. The van der Waals surface area contributed by atoms with Crippen molar-refractivity contribution in [2.45, 2.75) is 40.0 Å². The van der Waals surface area contributed by atoms with E-state index in [4.69, 9.17) is 15.9 Å². The number of ether oxygens (including phenoxy) is 1. The second-order valence-electron chi connectivity index (χ2n) is 5.02. The lowest BCUT2D eigenvalue weighted by Gasteiger charge is -2.07. The van der Waals surface area contributed by atoms with E-state index < -0.39 is 0 Å². The molecule has 1 heterocycles. The van der Waals surface area contributed by atoms with E-state index in [1.165, 1.54) is 12.7 Å². The normalized spacial score (nSPS) is 9.77. The number of hydrogen-bond donors (Lipinski definition) is 3. The standard InChI is InChI=1S/C17H21N3OS.C2H6.CH5N/c1-12-20-15(11-22-12)7-5-3-4-6-13-10-14(17(18)19)8-9-16(13)21-2;2*1-2/h4,6,8-11H,3,5,7H2,1-2H3,(H3,18,19);1-2H3;2H2,1H3/b6-4+;;. The van der Waals surface area contributed by atoms with Crippen molar-refractivity contribution in [3.05, 3.63) is 51.5 Å². The summed E-state index contributed by atoms with van der Waals surface area (Å²) in [5, 5.41) is 10.8. The van der Waals surface area contributed by atoms with Crippen LogP contribution in [0.1, 0.15) is 48.5 Å². The minimum atomic E-state index is 0.0659. The second-order valence-corrected chi connectivity index (χ2v) is 6.09. The monoisotopic (exact) mass is 376 g/mol. The number of nitrogens with two attached hydrogens (primary N) is 2. The van der Waals surface area contributed by atoms with Crippen molar-refractivity contribution in [1.82, 2.24) is 4.98 Å². The predicted molar refractivity (Wildman–Crippen MR) is 114 cm³/mol. The van der Waals surface area contributed by atoms with E-state index >= 15 is 0 Å². The Hall–Kier alpha value is -2.18. The highest BCUT2D eigenvalue weighted by atomic mass is 32.1. The Kier molecular flexibility index (Phi) is 12.9. The number of rotatable bonds is 7. The van der Waals surface area contributed by atoms with Gasteiger partial charge in [-0.05, 0) is 51.4 Å². The minimum Gasteiger partial charge on any atom is -0.496 e. The maximum atomic E-state index is 7.51. The maximum Gasteiger partial charge on any atom is 0.126 e. The van der Waals surface area contributed by atoms with Crippen molar-refractivity contribution in [2.24, 2.45) is 11.5 Å². The fourth-order valence-electron chi connectivity index (χ4n) is 2.17. The van der Waals surface area contributed by atoms with Crippen molar-refractivity contribution in [1.29, 1.82) is 5.41 Å². The SMILES string of the molecule is CC.CN.COc1ccc(C(=N)N)cc1/C=C/CCCc1csc(C)n1. The summed E-state index contributed by atoms with van der Waals surface area (Å²) in [6, 6.07) is 5.51. The number of nitrogen functional groups attached to an aromatic ring is 1. The number of benzene rings is 1. The Balaban J connectivity index is 0.00000146. The van der Waals surface area contributed by atoms with Gasteiger partial charge in [0.05, 0.1) is 17.8 Å². The van der Waals surface area contributed by atoms with Crippen LogP contribution in [0.4, 0.5) is 0 Å². The van der Waals surface area contributed by atoms with Gasteiger partial charge in [-0.3, -0.25) is 5.41 Å². The van der Waals surface area contributed by atoms with E-state index in [2.05, 4.69) is 22.2 Å². The van der Waals surface area contributed by atoms with Crippen molar-refractivity contribution in [2.75, 3.05) is 14.2 Å². The smallest absolute Gasteiger partial charge is 0.126 e. The van der Waals surface area contributed by atoms with Crippen LogP contribution in [0.25, 0.3) is 6.08 Å². The van der Waals surface area contributed by atoms with Crippen LogP contribution >= 0.6 is 11.3 Å². The summed E-state index contributed by atoms with van der Waals surface area (Å²) in [5.74, 6) is 0.854. The van der Waals surface area contributed by atoms with Crippen LogP contribution in [-0.4, -0.2) is 25.0 Å². The van der Waals surface area contributed by atoms with Crippen LogP contribution in [0.3, 0.4) is 0 Å². The molecule has 1 aromatic heterocycles. The van der Waals surface area contributed by atoms with E-state index in [0.29, 0.717) is 5.56 Å². The topological polar surface area (TPSA) is 98.0 Å². The molecule has 144 valence electrons. The van der Waals surface area contributed by atoms with Gasteiger partial charge in [-0.15, -0.1) is 11.3 Å². The van der Waals surface area contributed by atoms with Crippen molar-refractivity contribution >= 4 is 23.2 Å². The van der Waals surface area contributed by atoms with Crippen LogP contribution in [0.2, 0.25) is 0 Å². The lowest BCUT2D eigenvalue weighted by molar-refractivity contribution is 0.414. The Morgan fingerprint density at radius 3 is 2.54 bits per heavy atom. The molecule has 0 saturated heterocycles. The average Bonchev–Trinajstić information content (AvgIpc) is 3.09. The zero-order chi connectivity index (χ0) is 19.9. The van der Waals surface area contributed by atoms with Gasteiger partial charge in [0.15, 0.2) is 0 Å². The fraction of sp³-hybridized carbons (Fsp3) is 0.400. The van der Waals surface area contributed by atoms with E-state index in [1.807, 2.05) is 39.0 Å². The first-order valence-corrected chi connectivity index (χ1v) is 9.66. The minimum absolute atomic E-state index is 0.0659. The summed E-state index contributed by atoms with van der Waals surface area (Å²) in [6.07, 6.45) is 7.19. The predicted octanol–water partition coefficient (Wildman–Crippen LogP) is 4.38. The molecule has 0 unspecified atom stereocenters. The fourth-order valence-corrected chi connectivity index (χ4v) is 2.81. The molecule has 2 rings (SSSR count). The van der Waals surface area contributed by atoms with Gasteiger partial charge in [0.1, 0.15) is 11.6 Å². The summed E-state index contributed by atoms with van der Waals surface area (Å²) in [5.41, 5.74) is 12.9. The molecule has 0 fully saturated rings. The molecule has 0 radical (unpaired) electrons. The molecule has 0 aliphatic heterocycles. The molecule has 6 heteroatoms. The quantitative estimate of drug-likeness (QED) is 0.379. The molecule has 0 bridgehead atoms. The van der Waals surface area contributed by atoms with Crippen LogP contribution < -0.4 is 16.2 Å². The van der Waals surface area contributed by atoms with Gasteiger partial charge in [-0.1, -0.05) is 26.0 Å². The molecule has 0 spiro atoms. The lowest BCUT2D eigenvalue weighted by Crippen LogP contribution is -2.11. The van der Waals surface area contributed by atoms with Gasteiger partial charge in [0, 0.05) is 16.5 Å².